The van der Waals surface area contributed by atoms with Crippen molar-refractivity contribution in [3.8, 4) is 0 Å². The maximum atomic E-state index is 13.7. The molecule has 1 spiro atoms. The van der Waals surface area contributed by atoms with Crippen molar-refractivity contribution in [1.82, 2.24) is 4.90 Å². The summed E-state index contributed by atoms with van der Waals surface area (Å²) in [4.78, 5) is 13.6. The summed E-state index contributed by atoms with van der Waals surface area (Å²) in [6, 6.07) is 3.92. The first kappa shape index (κ1) is 19.6. The van der Waals surface area contributed by atoms with E-state index in [9.17, 15) is 18.0 Å². The van der Waals surface area contributed by atoms with E-state index in [0.717, 1.165) is 4.90 Å². The average molecular weight is 436 g/mol. The molecule has 0 aromatic heterocycles. The maximum absolute atomic E-state index is 13.7. The SMILES string of the molecule is CN(C(=O)C1CCC2(CC1)OCCO2)[C@@H](c1ccc(Br)cc1)C(F)(F)F. The third-order valence-corrected chi connectivity index (χ3v) is 5.67. The Hall–Kier alpha value is -1.12. The van der Waals surface area contributed by atoms with Crippen molar-refractivity contribution < 1.29 is 27.4 Å². The molecule has 1 amide bonds. The van der Waals surface area contributed by atoms with Crippen LogP contribution < -0.4 is 0 Å². The van der Waals surface area contributed by atoms with Crippen LogP contribution in [0.25, 0.3) is 0 Å². The largest absolute Gasteiger partial charge is 0.413 e. The minimum absolute atomic E-state index is 0.0475. The van der Waals surface area contributed by atoms with E-state index in [1.54, 1.807) is 12.1 Å². The number of hydrogen-bond acceptors (Lipinski definition) is 3. The lowest BCUT2D eigenvalue weighted by atomic mass is 9.84. The smallest absolute Gasteiger partial charge is 0.348 e. The van der Waals surface area contributed by atoms with Crippen molar-refractivity contribution in [1.29, 1.82) is 0 Å². The lowest BCUT2D eigenvalue weighted by Gasteiger charge is -2.38. The molecule has 1 atom stereocenters. The second kappa shape index (κ2) is 7.48. The molecule has 1 aromatic carbocycles. The van der Waals surface area contributed by atoms with Gasteiger partial charge in [-0.3, -0.25) is 4.79 Å². The molecule has 2 aliphatic rings. The van der Waals surface area contributed by atoms with Crippen molar-refractivity contribution in [2.75, 3.05) is 20.3 Å². The summed E-state index contributed by atoms with van der Waals surface area (Å²) >= 11 is 3.22. The molecule has 26 heavy (non-hydrogen) atoms. The molecule has 1 saturated heterocycles. The molecule has 144 valence electrons. The van der Waals surface area contributed by atoms with Gasteiger partial charge < -0.3 is 14.4 Å². The highest BCUT2D eigenvalue weighted by Crippen LogP contribution is 2.42. The van der Waals surface area contributed by atoms with Crippen LogP contribution >= 0.6 is 15.9 Å². The molecule has 1 aromatic rings. The van der Waals surface area contributed by atoms with Crippen LogP contribution in [0.3, 0.4) is 0 Å². The highest BCUT2D eigenvalue weighted by molar-refractivity contribution is 9.10. The van der Waals surface area contributed by atoms with Gasteiger partial charge in [-0.25, -0.2) is 0 Å². The summed E-state index contributed by atoms with van der Waals surface area (Å²) in [5.74, 6) is -1.56. The predicted octanol–water partition coefficient (Wildman–Crippen LogP) is 4.44. The molecular formula is C18H21BrF3NO3. The average Bonchev–Trinajstić information content (AvgIpc) is 3.04. The van der Waals surface area contributed by atoms with Crippen molar-refractivity contribution in [2.24, 2.45) is 5.92 Å². The van der Waals surface area contributed by atoms with Gasteiger partial charge in [-0.05, 0) is 30.5 Å². The Morgan fingerprint density at radius 1 is 1.19 bits per heavy atom. The highest BCUT2D eigenvalue weighted by Gasteiger charge is 2.48. The van der Waals surface area contributed by atoms with Gasteiger partial charge in [0.05, 0.1) is 13.2 Å². The zero-order chi connectivity index (χ0) is 18.9. The molecule has 2 fully saturated rings. The van der Waals surface area contributed by atoms with Crippen LogP contribution in [-0.2, 0) is 14.3 Å². The normalized spacial score (nSPS) is 21.7. The van der Waals surface area contributed by atoms with Gasteiger partial charge in [0.25, 0.3) is 0 Å². The highest BCUT2D eigenvalue weighted by atomic mass is 79.9. The molecule has 1 aliphatic carbocycles. The Labute approximate surface area is 158 Å². The van der Waals surface area contributed by atoms with Gasteiger partial charge in [0.15, 0.2) is 11.8 Å². The topological polar surface area (TPSA) is 38.8 Å². The maximum Gasteiger partial charge on any atom is 0.413 e. The van der Waals surface area contributed by atoms with E-state index in [2.05, 4.69) is 15.9 Å². The summed E-state index contributed by atoms with van der Waals surface area (Å²) in [5, 5.41) is 0. The van der Waals surface area contributed by atoms with E-state index in [0.29, 0.717) is 43.4 Å². The Balaban J connectivity index is 1.73. The predicted molar refractivity (Wildman–Crippen MR) is 92.3 cm³/mol. The zero-order valence-electron chi connectivity index (χ0n) is 14.4. The molecular weight excluding hydrogens is 415 g/mol. The molecule has 0 radical (unpaired) electrons. The van der Waals surface area contributed by atoms with Gasteiger partial charge in [-0.15, -0.1) is 0 Å². The molecule has 1 aliphatic heterocycles. The number of carbonyl (C=O) groups is 1. The van der Waals surface area contributed by atoms with Crippen LogP contribution in [0.4, 0.5) is 13.2 Å². The minimum Gasteiger partial charge on any atom is -0.348 e. The van der Waals surface area contributed by atoms with Gasteiger partial charge >= 0.3 is 6.18 Å². The lowest BCUT2D eigenvalue weighted by molar-refractivity contribution is -0.198. The van der Waals surface area contributed by atoms with E-state index >= 15 is 0 Å². The fourth-order valence-electron chi connectivity index (χ4n) is 3.78. The molecule has 0 unspecified atom stereocenters. The van der Waals surface area contributed by atoms with Crippen LogP contribution in [0.15, 0.2) is 28.7 Å². The van der Waals surface area contributed by atoms with E-state index in [1.807, 2.05) is 0 Å². The second-order valence-electron chi connectivity index (χ2n) is 6.83. The number of nitrogens with zero attached hydrogens (tertiary/aromatic N) is 1. The van der Waals surface area contributed by atoms with Crippen molar-refractivity contribution in [3.63, 3.8) is 0 Å². The Bertz CT molecular complexity index is 634. The number of rotatable bonds is 3. The number of hydrogen-bond donors (Lipinski definition) is 0. The number of carbonyl (C=O) groups excluding carboxylic acids is 1. The summed E-state index contributed by atoms with van der Waals surface area (Å²) in [5.41, 5.74) is 0.0475. The number of alkyl halides is 3. The third kappa shape index (κ3) is 4.07. The van der Waals surface area contributed by atoms with Gasteiger partial charge in [0.1, 0.15) is 0 Å². The standard InChI is InChI=1S/C18H21BrF3NO3/c1-23(15(18(20,21)22)12-2-4-14(19)5-3-12)16(24)13-6-8-17(9-7-13)25-10-11-26-17/h2-5,13,15H,6-11H2,1H3/t15-/m0/s1. The van der Waals surface area contributed by atoms with E-state index in [-0.39, 0.29) is 5.56 Å². The van der Waals surface area contributed by atoms with E-state index in [1.165, 1.54) is 19.2 Å². The van der Waals surface area contributed by atoms with Crippen molar-refractivity contribution in [2.45, 2.75) is 43.7 Å². The van der Waals surface area contributed by atoms with Crippen molar-refractivity contribution >= 4 is 21.8 Å². The zero-order valence-corrected chi connectivity index (χ0v) is 16.0. The number of amides is 1. The van der Waals surface area contributed by atoms with Crippen LogP contribution in [-0.4, -0.2) is 43.0 Å². The second-order valence-corrected chi connectivity index (χ2v) is 7.74. The monoisotopic (exact) mass is 435 g/mol. The Kier molecular flexibility index (Phi) is 5.65. The molecule has 0 N–H and O–H groups in total. The molecule has 1 saturated carbocycles. The summed E-state index contributed by atoms with van der Waals surface area (Å²) in [7, 11) is 1.23. The molecule has 4 nitrogen and oxygen atoms in total. The number of halogens is 4. The first-order valence-electron chi connectivity index (χ1n) is 8.59. The molecule has 1 heterocycles. The Morgan fingerprint density at radius 3 is 2.23 bits per heavy atom. The lowest BCUT2D eigenvalue weighted by Crippen LogP contribution is -2.45. The van der Waals surface area contributed by atoms with Crippen LogP contribution in [0, 0.1) is 5.92 Å². The van der Waals surface area contributed by atoms with Gasteiger partial charge in [0, 0.05) is 30.3 Å². The molecule has 3 rings (SSSR count). The van der Waals surface area contributed by atoms with Crippen LogP contribution in [0.1, 0.15) is 37.3 Å². The summed E-state index contributed by atoms with van der Waals surface area (Å²) < 4.78 is 53.0. The van der Waals surface area contributed by atoms with Gasteiger partial charge in [-0.2, -0.15) is 13.2 Å². The van der Waals surface area contributed by atoms with Gasteiger partial charge in [0.2, 0.25) is 5.91 Å². The van der Waals surface area contributed by atoms with Crippen LogP contribution in [0.2, 0.25) is 0 Å². The van der Waals surface area contributed by atoms with E-state index in [4.69, 9.17) is 9.47 Å². The summed E-state index contributed by atoms with van der Waals surface area (Å²) in [6.07, 6.45) is -2.55. The summed E-state index contributed by atoms with van der Waals surface area (Å²) in [6.45, 7) is 1.05. The van der Waals surface area contributed by atoms with Crippen molar-refractivity contribution in [3.05, 3.63) is 34.3 Å². The third-order valence-electron chi connectivity index (χ3n) is 5.14. The first-order chi connectivity index (χ1) is 12.2. The quantitative estimate of drug-likeness (QED) is 0.703. The number of benzene rings is 1. The molecule has 0 bridgehead atoms. The molecule has 8 heteroatoms. The minimum atomic E-state index is -4.55. The fraction of sp³-hybridized carbons (Fsp3) is 0.611. The van der Waals surface area contributed by atoms with Gasteiger partial charge in [-0.1, -0.05) is 28.1 Å². The number of ether oxygens (including phenoxy) is 2. The van der Waals surface area contributed by atoms with E-state index < -0.39 is 29.8 Å². The first-order valence-corrected chi connectivity index (χ1v) is 9.38. The Morgan fingerprint density at radius 2 is 1.73 bits per heavy atom. The fourth-order valence-corrected chi connectivity index (χ4v) is 4.05. The van der Waals surface area contributed by atoms with Crippen LogP contribution in [0.5, 0.6) is 0 Å².